The van der Waals surface area contributed by atoms with E-state index in [1.165, 1.54) is 7.11 Å². The summed E-state index contributed by atoms with van der Waals surface area (Å²) in [5, 5.41) is 12.5. The number of aromatic nitrogens is 2. The Morgan fingerprint density at radius 1 is 1.06 bits per heavy atom. The average Bonchev–Trinajstić information content (AvgIpc) is 3.31. The molecule has 1 heterocycles. The zero-order valence-corrected chi connectivity index (χ0v) is 19.4. The van der Waals surface area contributed by atoms with Crippen LogP contribution in [0.15, 0.2) is 66.7 Å². The van der Waals surface area contributed by atoms with Gasteiger partial charge in [-0.15, -0.1) is 0 Å². The Balaban J connectivity index is 1.47. The monoisotopic (exact) mass is 468 g/mol. The predicted octanol–water partition coefficient (Wildman–Crippen LogP) is 5.05. The van der Waals surface area contributed by atoms with Crippen LogP contribution < -0.4 is 19.5 Å². The number of nitrogens with one attached hydrogen (secondary N) is 2. The van der Waals surface area contributed by atoms with Gasteiger partial charge in [-0.3, -0.25) is 4.79 Å². The molecule has 176 valence electrons. The maximum atomic E-state index is 12.4. The summed E-state index contributed by atoms with van der Waals surface area (Å²) in [6.07, 6.45) is 1.71. The van der Waals surface area contributed by atoms with Gasteiger partial charge in [0, 0.05) is 0 Å². The molecular formula is C27H24N4O4. The van der Waals surface area contributed by atoms with Crippen molar-refractivity contribution in [3.8, 4) is 23.3 Å². The second-order valence-electron chi connectivity index (χ2n) is 7.45. The highest BCUT2D eigenvalue weighted by Crippen LogP contribution is 2.30. The van der Waals surface area contributed by atoms with Gasteiger partial charge in [0.05, 0.1) is 36.0 Å². The minimum absolute atomic E-state index is 0.214. The quantitative estimate of drug-likeness (QED) is 0.333. The molecule has 4 aromatic rings. The van der Waals surface area contributed by atoms with Crippen LogP contribution in [0, 0.1) is 11.3 Å². The van der Waals surface area contributed by atoms with Crippen LogP contribution in [-0.4, -0.2) is 36.2 Å². The smallest absolute Gasteiger partial charge is 0.262 e. The van der Waals surface area contributed by atoms with Gasteiger partial charge >= 0.3 is 0 Å². The number of carbonyl (C=O) groups excluding carboxylic acids is 1. The number of carbonyl (C=O) groups is 1. The number of hydrogen-bond acceptors (Lipinski definition) is 6. The molecule has 35 heavy (non-hydrogen) atoms. The third kappa shape index (κ3) is 5.60. The largest absolute Gasteiger partial charge is 0.493 e. The normalized spacial score (nSPS) is 11.1. The molecule has 8 heteroatoms. The van der Waals surface area contributed by atoms with Crippen molar-refractivity contribution in [1.82, 2.24) is 9.97 Å². The number of H-pyrrole nitrogens is 1. The molecule has 0 saturated heterocycles. The van der Waals surface area contributed by atoms with Crippen molar-refractivity contribution in [1.29, 1.82) is 5.26 Å². The molecule has 0 unspecified atom stereocenters. The Hall–Kier alpha value is -4.77. The average molecular weight is 469 g/mol. The summed E-state index contributed by atoms with van der Waals surface area (Å²) in [5.74, 6) is 1.58. The van der Waals surface area contributed by atoms with Gasteiger partial charge in [0.15, 0.2) is 18.1 Å². The first-order valence-corrected chi connectivity index (χ1v) is 11.0. The fraction of sp³-hybridized carbons (Fsp3) is 0.148. The van der Waals surface area contributed by atoms with Crippen molar-refractivity contribution in [2.24, 2.45) is 0 Å². The minimum Gasteiger partial charge on any atom is -0.493 e. The number of allylic oxidation sites excluding steroid dienone is 1. The highest BCUT2D eigenvalue weighted by Gasteiger charge is 2.12. The van der Waals surface area contributed by atoms with Crippen molar-refractivity contribution < 1.29 is 19.0 Å². The van der Waals surface area contributed by atoms with Crippen molar-refractivity contribution in [2.75, 3.05) is 25.6 Å². The van der Waals surface area contributed by atoms with E-state index in [-0.39, 0.29) is 12.5 Å². The summed E-state index contributed by atoms with van der Waals surface area (Å²) in [4.78, 5) is 20.1. The molecule has 1 aromatic heterocycles. The third-order valence-electron chi connectivity index (χ3n) is 5.08. The summed E-state index contributed by atoms with van der Waals surface area (Å²) < 4.78 is 16.7. The van der Waals surface area contributed by atoms with E-state index in [0.29, 0.717) is 40.9 Å². The number of fused-ring (bicyclic) bond motifs is 1. The van der Waals surface area contributed by atoms with E-state index in [1.54, 1.807) is 36.4 Å². The van der Waals surface area contributed by atoms with Crippen LogP contribution in [0.25, 0.3) is 22.7 Å². The van der Waals surface area contributed by atoms with Crippen LogP contribution in [0.1, 0.15) is 18.3 Å². The number of ether oxygens (including phenoxy) is 3. The maximum Gasteiger partial charge on any atom is 0.262 e. The van der Waals surface area contributed by atoms with Gasteiger partial charge in [-0.1, -0.05) is 30.3 Å². The number of nitriles is 1. The van der Waals surface area contributed by atoms with Gasteiger partial charge in [0.2, 0.25) is 0 Å². The first-order valence-electron chi connectivity index (χ1n) is 11.0. The summed E-state index contributed by atoms with van der Waals surface area (Å²) in [7, 11) is 1.51. The maximum absolute atomic E-state index is 12.4. The number of nitrogens with zero attached hydrogens (tertiary/aromatic N) is 2. The van der Waals surface area contributed by atoms with Crippen molar-refractivity contribution in [3.63, 3.8) is 0 Å². The van der Waals surface area contributed by atoms with E-state index < -0.39 is 0 Å². The number of amides is 1. The van der Waals surface area contributed by atoms with Crippen molar-refractivity contribution in [2.45, 2.75) is 6.92 Å². The Morgan fingerprint density at radius 3 is 2.63 bits per heavy atom. The molecule has 0 fully saturated rings. The van der Waals surface area contributed by atoms with Crippen LogP contribution in [0.5, 0.6) is 17.2 Å². The van der Waals surface area contributed by atoms with Crippen LogP contribution in [-0.2, 0) is 4.79 Å². The SMILES string of the molecule is CCOc1ccccc1NC(=O)COc1ccc(/C=C(\C#N)c2nc3ccccc3[nH]2)cc1OC. The van der Waals surface area contributed by atoms with Crippen molar-refractivity contribution in [3.05, 3.63) is 78.1 Å². The summed E-state index contributed by atoms with van der Waals surface area (Å²) >= 11 is 0. The topological polar surface area (TPSA) is 109 Å². The van der Waals surface area contributed by atoms with Gasteiger partial charge in [0.25, 0.3) is 5.91 Å². The lowest BCUT2D eigenvalue weighted by molar-refractivity contribution is -0.118. The number of imidazole rings is 1. The summed E-state index contributed by atoms with van der Waals surface area (Å²) in [5.41, 5.74) is 3.31. The molecule has 4 rings (SSSR count). The number of benzene rings is 3. The molecule has 0 saturated carbocycles. The molecule has 3 aromatic carbocycles. The zero-order valence-electron chi connectivity index (χ0n) is 19.4. The summed E-state index contributed by atoms with van der Waals surface area (Å²) in [6, 6.07) is 22.2. The van der Waals surface area contributed by atoms with Gasteiger partial charge < -0.3 is 24.5 Å². The molecule has 0 aliphatic heterocycles. The van der Waals surface area contributed by atoms with Gasteiger partial charge in [0.1, 0.15) is 17.6 Å². The minimum atomic E-state index is -0.333. The molecule has 0 aliphatic rings. The predicted molar refractivity (Wildman–Crippen MR) is 134 cm³/mol. The third-order valence-corrected chi connectivity index (χ3v) is 5.08. The lowest BCUT2D eigenvalue weighted by Crippen LogP contribution is -2.20. The Bertz CT molecular complexity index is 1390. The molecule has 0 radical (unpaired) electrons. The van der Waals surface area contributed by atoms with Crippen LogP contribution >= 0.6 is 0 Å². The van der Waals surface area contributed by atoms with E-state index >= 15 is 0 Å². The number of rotatable bonds is 9. The zero-order chi connectivity index (χ0) is 24.6. The molecule has 0 aliphatic carbocycles. The lowest BCUT2D eigenvalue weighted by atomic mass is 10.1. The lowest BCUT2D eigenvalue weighted by Gasteiger charge is -2.13. The van der Waals surface area contributed by atoms with E-state index in [9.17, 15) is 10.1 Å². The number of hydrogen-bond donors (Lipinski definition) is 2. The first kappa shape index (κ1) is 23.4. The standard InChI is InChI=1S/C27H24N4O4/c1-3-34-23-11-7-6-10-22(23)29-26(32)17-35-24-13-12-18(15-25(24)33-2)14-19(16-28)27-30-20-8-4-5-9-21(20)31-27/h4-15H,3,17H2,1-2H3,(H,29,32)(H,30,31)/b19-14+. The molecule has 0 bridgehead atoms. The second-order valence-corrected chi connectivity index (χ2v) is 7.45. The van der Waals surface area contributed by atoms with Crippen molar-refractivity contribution >= 4 is 34.3 Å². The Labute approximate surface area is 202 Å². The van der Waals surface area contributed by atoms with E-state index in [1.807, 2.05) is 43.3 Å². The number of aromatic amines is 1. The highest BCUT2D eigenvalue weighted by molar-refractivity contribution is 5.93. The van der Waals surface area contributed by atoms with Gasteiger partial charge in [-0.2, -0.15) is 5.26 Å². The van der Waals surface area contributed by atoms with Crippen LogP contribution in [0.4, 0.5) is 5.69 Å². The van der Waals surface area contributed by atoms with E-state index in [2.05, 4.69) is 21.4 Å². The highest BCUT2D eigenvalue weighted by atomic mass is 16.5. The first-order chi connectivity index (χ1) is 17.1. The second kappa shape index (κ2) is 10.9. The number of anilines is 1. The van der Waals surface area contributed by atoms with Crippen LogP contribution in [0.3, 0.4) is 0 Å². The van der Waals surface area contributed by atoms with Crippen LogP contribution in [0.2, 0.25) is 0 Å². The number of para-hydroxylation sites is 4. The van der Waals surface area contributed by atoms with Gasteiger partial charge in [-0.25, -0.2) is 4.98 Å². The van der Waals surface area contributed by atoms with Gasteiger partial charge in [-0.05, 0) is 55.0 Å². The molecule has 0 atom stereocenters. The van der Waals surface area contributed by atoms with E-state index in [0.717, 1.165) is 16.6 Å². The molecule has 1 amide bonds. The molecule has 2 N–H and O–H groups in total. The number of methoxy groups -OCH3 is 1. The molecular weight excluding hydrogens is 444 g/mol. The molecule has 0 spiro atoms. The fourth-order valence-electron chi connectivity index (χ4n) is 3.47. The molecule has 8 nitrogen and oxygen atoms in total. The Kier molecular flexibility index (Phi) is 7.28. The fourth-order valence-corrected chi connectivity index (χ4v) is 3.47. The van der Waals surface area contributed by atoms with E-state index in [4.69, 9.17) is 14.2 Å². The Morgan fingerprint density at radius 2 is 1.86 bits per heavy atom. The summed E-state index contributed by atoms with van der Waals surface area (Å²) in [6.45, 7) is 2.16.